The number of carbonyl (C=O) groups excluding carboxylic acids is 1. The summed E-state index contributed by atoms with van der Waals surface area (Å²) in [6.07, 6.45) is 1.57. The number of nitrogens with zero attached hydrogens (tertiary/aromatic N) is 1. The number of furan rings is 1. The molecule has 2 aromatic rings. The normalized spacial score (nSPS) is 21.7. The van der Waals surface area contributed by atoms with Crippen molar-refractivity contribution in [3.63, 3.8) is 0 Å². The van der Waals surface area contributed by atoms with Crippen molar-refractivity contribution >= 4 is 11.9 Å². The number of hydrogen-bond acceptors (Lipinski definition) is 3. The highest BCUT2D eigenvalue weighted by molar-refractivity contribution is 5.87. The first-order valence-electron chi connectivity index (χ1n) is 6.76. The molecule has 2 heterocycles. The summed E-state index contributed by atoms with van der Waals surface area (Å²) in [4.78, 5) is 25.3. The molecule has 0 aliphatic carbocycles. The molecule has 0 bridgehead atoms. The number of carboxylic acid groups (broad SMARTS) is 1. The van der Waals surface area contributed by atoms with Crippen LogP contribution in [0.15, 0.2) is 53.1 Å². The molecule has 1 aromatic heterocycles. The number of hydrogen-bond donors (Lipinski definition) is 1. The van der Waals surface area contributed by atoms with Crippen LogP contribution >= 0.6 is 0 Å². The number of amides is 1. The van der Waals surface area contributed by atoms with Gasteiger partial charge in [0.15, 0.2) is 0 Å². The fourth-order valence-corrected chi connectivity index (χ4v) is 2.83. The highest BCUT2D eigenvalue weighted by Crippen LogP contribution is 2.39. The number of likely N-dealkylation sites (tertiary alicyclic amines) is 1. The molecule has 5 nitrogen and oxygen atoms in total. The topological polar surface area (TPSA) is 70.8 Å². The lowest BCUT2D eigenvalue weighted by atomic mass is 9.94. The second-order valence-electron chi connectivity index (χ2n) is 5.11. The van der Waals surface area contributed by atoms with Gasteiger partial charge in [0, 0.05) is 6.42 Å². The first kappa shape index (κ1) is 13.4. The van der Waals surface area contributed by atoms with Crippen molar-refractivity contribution < 1.29 is 19.1 Å². The Kier molecular flexibility index (Phi) is 3.48. The van der Waals surface area contributed by atoms with Gasteiger partial charge in [-0.1, -0.05) is 30.3 Å². The van der Waals surface area contributed by atoms with E-state index in [0.29, 0.717) is 5.76 Å². The zero-order valence-corrected chi connectivity index (χ0v) is 11.3. The molecule has 2 atom stereocenters. The van der Waals surface area contributed by atoms with E-state index in [1.807, 2.05) is 30.3 Å². The zero-order valence-electron chi connectivity index (χ0n) is 11.3. The number of carboxylic acids is 1. The van der Waals surface area contributed by atoms with Crippen molar-refractivity contribution in [1.82, 2.24) is 4.90 Å². The van der Waals surface area contributed by atoms with E-state index < -0.39 is 17.9 Å². The molecule has 1 aromatic carbocycles. The average molecular weight is 285 g/mol. The van der Waals surface area contributed by atoms with Crippen LogP contribution in [0.3, 0.4) is 0 Å². The summed E-state index contributed by atoms with van der Waals surface area (Å²) in [5.74, 6) is -1.18. The van der Waals surface area contributed by atoms with Crippen molar-refractivity contribution in [2.45, 2.75) is 19.0 Å². The number of aliphatic carboxylic acids is 1. The van der Waals surface area contributed by atoms with Gasteiger partial charge < -0.3 is 14.4 Å². The fraction of sp³-hybridized carbons (Fsp3) is 0.250. The van der Waals surface area contributed by atoms with Gasteiger partial charge in [-0.25, -0.2) is 0 Å². The van der Waals surface area contributed by atoms with E-state index in [-0.39, 0.29) is 18.9 Å². The van der Waals surface area contributed by atoms with Crippen LogP contribution in [0.5, 0.6) is 0 Å². The molecule has 1 N–H and O–H groups in total. The summed E-state index contributed by atoms with van der Waals surface area (Å²) in [5.41, 5.74) is 0.835. The standard InChI is InChI=1S/C16H15NO4/c18-14-9-13(16(19)20)15(11-5-2-1-3-6-11)17(14)10-12-7-4-8-21-12/h1-8,13,15H,9-10H2,(H,19,20)/t13-,15+/m1/s1. The van der Waals surface area contributed by atoms with Crippen LogP contribution in [0.4, 0.5) is 0 Å². The van der Waals surface area contributed by atoms with Crippen molar-refractivity contribution in [3.05, 3.63) is 60.1 Å². The summed E-state index contributed by atoms with van der Waals surface area (Å²) in [6.45, 7) is 0.287. The molecule has 3 rings (SSSR count). The van der Waals surface area contributed by atoms with Crippen molar-refractivity contribution in [2.24, 2.45) is 5.92 Å². The molecule has 5 heteroatoms. The zero-order chi connectivity index (χ0) is 14.8. The van der Waals surface area contributed by atoms with E-state index in [1.165, 1.54) is 0 Å². The third-order valence-electron chi connectivity index (χ3n) is 3.80. The molecule has 0 spiro atoms. The van der Waals surface area contributed by atoms with Crippen LogP contribution in [0.25, 0.3) is 0 Å². The van der Waals surface area contributed by atoms with E-state index in [1.54, 1.807) is 23.3 Å². The Balaban J connectivity index is 1.95. The Labute approximate surface area is 121 Å². The Morgan fingerprint density at radius 1 is 1.24 bits per heavy atom. The minimum absolute atomic E-state index is 0.0234. The van der Waals surface area contributed by atoms with Crippen molar-refractivity contribution in [3.8, 4) is 0 Å². The Bertz CT molecular complexity index is 636. The van der Waals surface area contributed by atoms with Crippen LogP contribution in [0.2, 0.25) is 0 Å². The minimum atomic E-state index is -0.945. The average Bonchev–Trinajstić information content (AvgIpc) is 3.09. The van der Waals surface area contributed by atoms with Crippen LogP contribution in [-0.2, 0) is 16.1 Å². The summed E-state index contributed by atoms with van der Waals surface area (Å²) < 4.78 is 5.28. The van der Waals surface area contributed by atoms with Gasteiger partial charge in [-0.3, -0.25) is 9.59 Å². The Hall–Kier alpha value is -2.56. The fourth-order valence-electron chi connectivity index (χ4n) is 2.83. The quantitative estimate of drug-likeness (QED) is 0.936. The highest BCUT2D eigenvalue weighted by Gasteiger charge is 2.44. The van der Waals surface area contributed by atoms with Gasteiger partial charge in [-0.2, -0.15) is 0 Å². The first-order chi connectivity index (χ1) is 10.2. The highest BCUT2D eigenvalue weighted by atomic mass is 16.4. The molecular weight excluding hydrogens is 270 g/mol. The van der Waals surface area contributed by atoms with E-state index in [2.05, 4.69) is 0 Å². The van der Waals surface area contributed by atoms with E-state index >= 15 is 0 Å². The minimum Gasteiger partial charge on any atom is -0.481 e. The number of rotatable bonds is 4. The summed E-state index contributed by atoms with van der Waals surface area (Å²) in [6, 6.07) is 12.4. The van der Waals surface area contributed by atoms with E-state index in [4.69, 9.17) is 4.42 Å². The third kappa shape index (κ3) is 2.54. The number of benzene rings is 1. The largest absolute Gasteiger partial charge is 0.481 e. The molecule has 1 fully saturated rings. The Morgan fingerprint density at radius 3 is 2.62 bits per heavy atom. The molecule has 1 aliphatic rings. The second-order valence-corrected chi connectivity index (χ2v) is 5.11. The maximum absolute atomic E-state index is 12.2. The molecule has 21 heavy (non-hydrogen) atoms. The number of carbonyl (C=O) groups is 2. The third-order valence-corrected chi connectivity index (χ3v) is 3.80. The molecule has 0 unspecified atom stereocenters. The van der Waals surface area contributed by atoms with Crippen LogP contribution in [0.1, 0.15) is 23.8 Å². The van der Waals surface area contributed by atoms with E-state index in [9.17, 15) is 14.7 Å². The lowest BCUT2D eigenvalue weighted by Gasteiger charge is -2.26. The molecule has 0 radical (unpaired) electrons. The van der Waals surface area contributed by atoms with Gasteiger partial charge in [-0.15, -0.1) is 0 Å². The van der Waals surface area contributed by atoms with Gasteiger partial charge in [-0.05, 0) is 17.7 Å². The Morgan fingerprint density at radius 2 is 2.00 bits per heavy atom. The predicted molar refractivity (Wildman–Crippen MR) is 74.2 cm³/mol. The maximum Gasteiger partial charge on any atom is 0.309 e. The van der Waals surface area contributed by atoms with Gasteiger partial charge >= 0.3 is 5.97 Å². The van der Waals surface area contributed by atoms with Gasteiger partial charge in [0.05, 0.1) is 24.8 Å². The second kappa shape index (κ2) is 5.44. The predicted octanol–water partition coefficient (Wildman–Crippen LogP) is 2.45. The molecule has 1 aliphatic heterocycles. The van der Waals surface area contributed by atoms with Crippen LogP contribution < -0.4 is 0 Å². The first-order valence-corrected chi connectivity index (χ1v) is 6.76. The molecule has 0 saturated carbocycles. The molecular formula is C16H15NO4. The van der Waals surface area contributed by atoms with Gasteiger partial charge in [0.1, 0.15) is 5.76 Å². The summed E-state index contributed by atoms with van der Waals surface area (Å²) in [7, 11) is 0. The van der Waals surface area contributed by atoms with Gasteiger partial charge in [0.2, 0.25) is 5.91 Å². The lowest BCUT2D eigenvalue weighted by molar-refractivity contribution is -0.142. The summed E-state index contributed by atoms with van der Waals surface area (Å²) >= 11 is 0. The van der Waals surface area contributed by atoms with Gasteiger partial charge in [0.25, 0.3) is 0 Å². The lowest BCUT2D eigenvalue weighted by Crippen LogP contribution is -2.30. The SMILES string of the molecule is O=C(O)[C@@H]1CC(=O)N(Cc2ccco2)[C@H]1c1ccccc1. The van der Waals surface area contributed by atoms with Crippen molar-refractivity contribution in [2.75, 3.05) is 0 Å². The molecule has 1 amide bonds. The molecule has 1 saturated heterocycles. The molecule has 108 valence electrons. The smallest absolute Gasteiger partial charge is 0.309 e. The van der Waals surface area contributed by atoms with E-state index in [0.717, 1.165) is 5.56 Å². The summed E-state index contributed by atoms with van der Waals surface area (Å²) in [5, 5.41) is 9.40. The maximum atomic E-state index is 12.2. The monoisotopic (exact) mass is 285 g/mol. The van der Waals surface area contributed by atoms with Crippen LogP contribution in [0, 0.1) is 5.92 Å². The van der Waals surface area contributed by atoms with Crippen LogP contribution in [-0.4, -0.2) is 21.9 Å². The van der Waals surface area contributed by atoms with Crippen molar-refractivity contribution in [1.29, 1.82) is 0 Å².